The molecule has 1 N–H and O–H groups in total. The lowest BCUT2D eigenvalue weighted by Gasteiger charge is -2.40. The van der Waals surface area contributed by atoms with Crippen LogP contribution in [0.15, 0.2) is 48.5 Å². The van der Waals surface area contributed by atoms with Crippen molar-refractivity contribution in [1.29, 1.82) is 0 Å². The number of hydrogen-bond acceptors (Lipinski definition) is 3. The minimum Gasteiger partial charge on any atom is -0.497 e. The van der Waals surface area contributed by atoms with E-state index >= 15 is 0 Å². The molecule has 29 heavy (non-hydrogen) atoms. The third-order valence-electron chi connectivity index (χ3n) is 6.20. The van der Waals surface area contributed by atoms with Crippen LogP contribution in [-0.2, 0) is 0 Å². The first-order chi connectivity index (χ1) is 14.2. The van der Waals surface area contributed by atoms with Crippen LogP contribution in [0.5, 0.6) is 5.75 Å². The quantitative estimate of drug-likeness (QED) is 0.808. The van der Waals surface area contributed by atoms with Crippen molar-refractivity contribution in [2.45, 2.75) is 38.1 Å². The number of nitrogens with zero attached hydrogens (tertiary/aromatic N) is 2. The summed E-state index contributed by atoms with van der Waals surface area (Å²) in [4.78, 5) is 17.3. The molecule has 0 radical (unpaired) electrons. The summed E-state index contributed by atoms with van der Waals surface area (Å²) in [5, 5.41) is 3.06. The van der Waals surface area contributed by atoms with Gasteiger partial charge in [-0.15, -0.1) is 0 Å². The van der Waals surface area contributed by atoms with Gasteiger partial charge in [0.1, 0.15) is 5.75 Å². The molecule has 2 amide bonds. The molecule has 2 aromatic rings. The Morgan fingerprint density at radius 1 is 0.931 bits per heavy atom. The first kappa shape index (κ1) is 19.8. The topological polar surface area (TPSA) is 44.8 Å². The maximum atomic E-state index is 12.7. The van der Waals surface area contributed by atoms with Crippen LogP contribution in [0.25, 0.3) is 11.1 Å². The summed E-state index contributed by atoms with van der Waals surface area (Å²) < 4.78 is 5.30. The number of amides is 2. The smallest absolute Gasteiger partial charge is 0.321 e. The van der Waals surface area contributed by atoms with Gasteiger partial charge < -0.3 is 19.9 Å². The van der Waals surface area contributed by atoms with Gasteiger partial charge in [-0.05, 0) is 74.2 Å². The van der Waals surface area contributed by atoms with E-state index in [4.69, 9.17) is 4.74 Å². The predicted molar refractivity (Wildman–Crippen MR) is 117 cm³/mol. The number of ether oxygens (including phenoxy) is 1. The summed E-state index contributed by atoms with van der Waals surface area (Å²) in [7, 11) is 1.67. The second-order valence-electron chi connectivity index (χ2n) is 8.05. The number of methoxy groups -OCH3 is 1. The lowest BCUT2D eigenvalue weighted by Crippen LogP contribution is -2.49. The Morgan fingerprint density at radius 3 is 2.34 bits per heavy atom. The van der Waals surface area contributed by atoms with Gasteiger partial charge in [0.15, 0.2) is 0 Å². The second-order valence-corrected chi connectivity index (χ2v) is 8.05. The lowest BCUT2D eigenvalue weighted by atomic mass is 10.00. The van der Waals surface area contributed by atoms with Gasteiger partial charge in [0, 0.05) is 24.8 Å². The monoisotopic (exact) mass is 393 g/mol. The minimum atomic E-state index is 0.0104. The Balaban J connectivity index is 1.30. The molecule has 154 valence electrons. The number of carbonyl (C=O) groups is 1. The summed E-state index contributed by atoms with van der Waals surface area (Å²) in [5.74, 6) is 0.841. The number of urea groups is 1. The van der Waals surface area contributed by atoms with E-state index in [0.717, 1.165) is 48.5 Å². The molecule has 0 spiro atoms. The van der Waals surface area contributed by atoms with Crippen molar-refractivity contribution in [3.05, 3.63) is 48.5 Å². The lowest BCUT2D eigenvalue weighted by molar-refractivity contribution is 0.104. The normalized spacial score (nSPS) is 18.4. The van der Waals surface area contributed by atoms with Crippen LogP contribution in [0.1, 0.15) is 32.1 Å². The molecule has 0 unspecified atom stereocenters. The Labute approximate surface area is 173 Å². The zero-order chi connectivity index (χ0) is 20.1. The van der Waals surface area contributed by atoms with Crippen molar-refractivity contribution in [3.63, 3.8) is 0 Å². The Hall–Kier alpha value is -2.53. The number of rotatable bonds is 4. The van der Waals surface area contributed by atoms with Gasteiger partial charge in [0.25, 0.3) is 0 Å². The summed E-state index contributed by atoms with van der Waals surface area (Å²) in [6.45, 7) is 4.15. The van der Waals surface area contributed by atoms with Crippen molar-refractivity contribution in [2.24, 2.45) is 0 Å². The maximum Gasteiger partial charge on any atom is 0.321 e. The molecule has 4 rings (SSSR count). The molecular formula is C24H31N3O2. The molecule has 0 aliphatic carbocycles. The third kappa shape index (κ3) is 4.91. The highest BCUT2D eigenvalue weighted by molar-refractivity contribution is 5.89. The molecule has 5 nitrogen and oxygen atoms in total. The van der Waals surface area contributed by atoms with Crippen LogP contribution >= 0.6 is 0 Å². The first-order valence-electron chi connectivity index (χ1n) is 10.8. The van der Waals surface area contributed by atoms with Crippen LogP contribution in [0, 0.1) is 0 Å². The highest BCUT2D eigenvalue weighted by Crippen LogP contribution is 2.26. The van der Waals surface area contributed by atoms with Gasteiger partial charge in [-0.2, -0.15) is 0 Å². The highest BCUT2D eigenvalue weighted by Gasteiger charge is 2.27. The number of likely N-dealkylation sites (tertiary alicyclic amines) is 2. The minimum absolute atomic E-state index is 0.0104. The van der Waals surface area contributed by atoms with Crippen molar-refractivity contribution in [1.82, 2.24) is 9.80 Å². The zero-order valence-corrected chi connectivity index (χ0v) is 17.3. The van der Waals surface area contributed by atoms with Crippen molar-refractivity contribution < 1.29 is 9.53 Å². The van der Waals surface area contributed by atoms with Gasteiger partial charge in [0.2, 0.25) is 0 Å². The van der Waals surface area contributed by atoms with Crippen LogP contribution in [0.4, 0.5) is 10.5 Å². The Bertz CT molecular complexity index is 807. The second kappa shape index (κ2) is 9.31. The van der Waals surface area contributed by atoms with E-state index in [1.54, 1.807) is 7.11 Å². The zero-order valence-electron chi connectivity index (χ0n) is 17.3. The Kier molecular flexibility index (Phi) is 6.35. The van der Waals surface area contributed by atoms with E-state index < -0.39 is 0 Å². The fourth-order valence-electron chi connectivity index (χ4n) is 4.47. The van der Waals surface area contributed by atoms with E-state index in [-0.39, 0.29) is 6.03 Å². The van der Waals surface area contributed by atoms with Gasteiger partial charge >= 0.3 is 6.03 Å². The van der Waals surface area contributed by atoms with Gasteiger partial charge in [-0.1, -0.05) is 30.7 Å². The average Bonchev–Trinajstić information content (AvgIpc) is 2.80. The molecule has 0 bridgehead atoms. The van der Waals surface area contributed by atoms with Crippen molar-refractivity contribution in [2.75, 3.05) is 38.6 Å². The molecular weight excluding hydrogens is 362 g/mol. The van der Waals surface area contributed by atoms with Crippen LogP contribution < -0.4 is 10.1 Å². The number of benzene rings is 2. The molecule has 0 saturated carbocycles. The van der Waals surface area contributed by atoms with Crippen LogP contribution in [0.2, 0.25) is 0 Å². The van der Waals surface area contributed by atoms with Gasteiger partial charge in [-0.25, -0.2) is 4.79 Å². The molecule has 2 fully saturated rings. The number of carbonyl (C=O) groups excluding carboxylic acids is 1. The molecule has 0 atom stereocenters. The van der Waals surface area contributed by atoms with E-state index in [1.165, 1.54) is 32.4 Å². The van der Waals surface area contributed by atoms with E-state index in [0.29, 0.717) is 6.04 Å². The fraction of sp³-hybridized carbons (Fsp3) is 0.458. The molecule has 0 aromatic heterocycles. The number of piperidine rings is 2. The predicted octanol–water partition coefficient (Wildman–Crippen LogP) is 4.84. The summed E-state index contributed by atoms with van der Waals surface area (Å²) in [6.07, 6.45) is 6.19. The average molecular weight is 394 g/mol. The summed E-state index contributed by atoms with van der Waals surface area (Å²) in [6, 6.07) is 16.7. The van der Waals surface area contributed by atoms with E-state index in [1.807, 2.05) is 47.4 Å². The molecule has 2 aliphatic rings. The van der Waals surface area contributed by atoms with Crippen molar-refractivity contribution in [3.8, 4) is 16.9 Å². The molecule has 2 heterocycles. The molecule has 2 aromatic carbocycles. The van der Waals surface area contributed by atoms with Gasteiger partial charge in [0.05, 0.1) is 7.11 Å². The number of nitrogens with one attached hydrogen (secondary N) is 1. The third-order valence-corrected chi connectivity index (χ3v) is 6.20. The van der Waals surface area contributed by atoms with E-state index in [9.17, 15) is 4.79 Å². The van der Waals surface area contributed by atoms with Crippen LogP contribution in [0.3, 0.4) is 0 Å². The molecule has 2 aliphatic heterocycles. The first-order valence-corrected chi connectivity index (χ1v) is 10.8. The van der Waals surface area contributed by atoms with E-state index in [2.05, 4.69) is 16.3 Å². The largest absolute Gasteiger partial charge is 0.497 e. The van der Waals surface area contributed by atoms with Crippen molar-refractivity contribution >= 4 is 11.7 Å². The Morgan fingerprint density at radius 2 is 1.66 bits per heavy atom. The molecule has 5 heteroatoms. The fourth-order valence-corrected chi connectivity index (χ4v) is 4.47. The van der Waals surface area contributed by atoms with Crippen LogP contribution in [-0.4, -0.2) is 55.2 Å². The highest BCUT2D eigenvalue weighted by atomic mass is 16.5. The SMILES string of the molecule is COc1cccc(-c2ccc(NC(=O)N3CCC(N4CCCCC4)CC3)cc2)c1. The number of anilines is 1. The maximum absolute atomic E-state index is 12.7. The molecule has 2 saturated heterocycles. The van der Waals surface area contributed by atoms with Gasteiger partial charge in [-0.3, -0.25) is 0 Å². The summed E-state index contributed by atoms with van der Waals surface area (Å²) in [5.41, 5.74) is 3.03. The number of hydrogen-bond donors (Lipinski definition) is 1. The standard InChI is InChI=1S/C24H31N3O2/c1-29-23-7-5-6-20(18-23)19-8-10-21(11-9-19)25-24(28)27-16-12-22(13-17-27)26-14-3-2-4-15-26/h5-11,18,22H,2-4,12-17H2,1H3,(H,25,28). The summed E-state index contributed by atoms with van der Waals surface area (Å²) >= 11 is 0.